The molecule has 50 heavy (non-hydrogen) atoms. The van der Waals surface area contributed by atoms with Gasteiger partial charge < -0.3 is 8.83 Å². The van der Waals surface area contributed by atoms with Crippen LogP contribution in [0.1, 0.15) is 0 Å². The first kappa shape index (κ1) is 27.1. The van der Waals surface area contributed by atoms with Crippen LogP contribution in [0.2, 0.25) is 0 Å². The Morgan fingerprint density at radius 1 is 0.420 bits per heavy atom. The van der Waals surface area contributed by atoms with Crippen molar-refractivity contribution in [3.63, 3.8) is 0 Å². The minimum atomic E-state index is 0.773. The first-order valence-corrected chi connectivity index (χ1v) is 16.8. The Bertz CT molecular complexity index is 2880. The summed E-state index contributed by atoms with van der Waals surface area (Å²) in [5, 5.41) is 6.63. The number of pyridine rings is 1. The second-order valence-corrected chi connectivity index (χ2v) is 12.7. The third-order valence-corrected chi connectivity index (χ3v) is 9.96. The van der Waals surface area contributed by atoms with Crippen LogP contribution in [-0.4, -0.2) is 14.1 Å². The van der Waals surface area contributed by atoms with Crippen LogP contribution < -0.4 is 0 Å². The van der Waals surface area contributed by atoms with Crippen molar-refractivity contribution < 1.29 is 8.83 Å². The van der Waals surface area contributed by atoms with Crippen molar-refractivity contribution in [2.24, 2.45) is 0 Å². The predicted molar refractivity (Wildman–Crippen MR) is 203 cm³/mol. The van der Waals surface area contributed by atoms with Gasteiger partial charge in [-0.3, -0.25) is 9.13 Å². The zero-order chi connectivity index (χ0) is 32.8. The molecule has 0 unspecified atom stereocenters. The predicted octanol–water partition coefficient (Wildman–Crippen LogP) is 12.1. The number of para-hydroxylation sites is 4. The second-order valence-electron chi connectivity index (χ2n) is 12.7. The van der Waals surface area contributed by atoms with E-state index < -0.39 is 0 Å². The monoisotopic (exact) mass is 641 g/mol. The summed E-state index contributed by atoms with van der Waals surface area (Å²) in [6.45, 7) is 0. The van der Waals surface area contributed by atoms with Crippen LogP contribution >= 0.6 is 0 Å². The molecule has 0 saturated carbocycles. The van der Waals surface area contributed by atoms with Gasteiger partial charge in [-0.2, -0.15) is 0 Å². The Labute approximate surface area is 285 Å². The van der Waals surface area contributed by atoms with Gasteiger partial charge in [0.2, 0.25) is 11.4 Å². The van der Waals surface area contributed by atoms with Gasteiger partial charge in [0.05, 0.1) is 33.2 Å². The van der Waals surface area contributed by atoms with Crippen LogP contribution in [0.25, 0.3) is 99.8 Å². The first-order chi connectivity index (χ1) is 24.8. The maximum absolute atomic E-state index is 6.73. The van der Waals surface area contributed by atoms with Crippen LogP contribution in [0.15, 0.2) is 173 Å². The molecule has 11 rings (SSSR count). The van der Waals surface area contributed by atoms with Crippen molar-refractivity contribution in [1.29, 1.82) is 0 Å². The number of hydrogen-bond acceptors (Lipinski definition) is 3. The topological polar surface area (TPSA) is 49.0 Å². The maximum Gasteiger partial charge on any atom is 0.215 e. The molecular formula is C45H27N3O2. The van der Waals surface area contributed by atoms with Crippen molar-refractivity contribution in [2.45, 2.75) is 0 Å². The SMILES string of the molecule is c1ccc(-c2cc(-n3c4ccccc4c4c5ccccc5oc43)c(-c3ccccc3)nc2-n2c3ccccc3c3c4ccccc4oc32)cc1. The molecule has 0 spiro atoms. The molecule has 0 aliphatic rings. The van der Waals surface area contributed by atoms with Gasteiger partial charge in [-0.15, -0.1) is 0 Å². The summed E-state index contributed by atoms with van der Waals surface area (Å²) < 4.78 is 17.9. The fourth-order valence-corrected chi connectivity index (χ4v) is 7.80. The molecule has 0 fully saturated rings. The number of aromatic nitrogens is 3. The smallest absolute Gasteiger partial charge is 0.215 e. The third kappa shape index (κ3) is 3.74. The second kappa shape index (κ2) is 10.3. The van der Waals surface area contributed by atoms with Gasteiger partial charge in [-0.25, -0.2) is 4.98 Å². The molecule has 0 atom stereocenters. The molecule has 0 aliphatic heterocycles. The van der Waals surface area contributed by atoms with E-state index >= 15 is 0 Å². The average molecular weight is 642 g/mol. The fraction of sp³-hybridized carbons (Fsp3) is 0. The zero-order valence-electron chi connectivity index (χ0n) is 26.7. The molecule has 5 aromatic heterocycles. The third-order valence-electron chi connectivity index (χ3n) is 9.96. The lowest BCUT2D eigenvalue weighted by atomic mass is 10.0. The van der Waals surface area contributed by atoms with E-state index in [4.69, 9.17) is 13.8 Å². The van der Waals surface area contributed by atoms with Crippen molar-refractivity contribution >= 4 is 65.9 Å². The lowest BCUT2D eigenvalue weighted by Crippen LogP contribution is -2.06. The Morgan fingerprint density at radius 2 is 0.880 bits per heavy atom. The van der Waals surface area contributed by atoms with Crippen LogP contribution in [-0.2, 0) is 0 Å². The van der Waals surface area contributed by atoms with E-state index in [1.807, 2.05) is 30.3 Å². The van der Waals surface area contributed by atoms with Crippen LogP contribution in [0, 0.1) is 0 Å². The number of furan rings is 2. The number of fused-ring (bicyclic) bond motifs is 10. The summed E-state index contributed by atoms with van der Waals surface area (Å²) in [6, 6.07) is 56.8. The molecule has 0 aliphatic carbocycles. The summed E-state index contributed by atoms with van der Waals surface area (Å²) in [4.78, 5) is 5.70. The molecule has 0 bridgehead atoms. The molecule has 5 heterocycles. The Balaban J connectivity index is 1.33. The largest absolute Gasteiger partial charge is 0.439 e. The van der Waals surface area contributed by atoms with Crippen molar-refractivity contribution in [3.8, 4) is 33.9 Å². The van der Waals surface area contributed by atoms with E-state index in [1.165, 1.54) is 0 Å². The molecular weight excluding hydrogens is 615 g/mol. The molecule has 0 N–H and O–H groups in total. The van der Waals surface area contributed by atoms with Crippen molar-refractivity contribution in [3.05, 3.63) is 164 Å². The highest BCUT2D eigenvalue weighted by atomic mass is 16.3. The summed E-state index contributed by atoms with van der Waals surface area (Å²) in [5.74, 6) is 0.793. The minimum absolute atomic E-state index is 0.773. The maximum atomic E-state index is 6.73. The molecule has 6 aromatic carbocycles. The Kier molecular flexibility index (Phi) is 5.60. The lowest BCUT2D eigenvalue weighted by molar-refractivity contribution is 0.642. The number of benzene rings is 6. The molecule has 234 valence electrons. The molecule has 5 heteroatoms. The normalized spacial score (nSPS) is 12.0. The van der Waals surface area contributed by atoms with Gasteiger partial charge in [0.25, 0.3) is 0 Å². The molecule has 0 radical (unpaired) electrons. The minimum Gasteiger partial charge on any atom is -0.439 e. The molecule has 11 aromatic rings. The van der Waals surface area contributed by atoms with Gasteiger partial charge in [0, 0.05) is 32.7 Å². The molecule has 0 amide bonds. The summed E-state index contributed by atoms with van der Waals surface area (Å²) in [5.41, 5.74) is 10.2. The number of nitrogens with zero attached hydrogens (tertiary/aromatic N) is 3. The quantitative estimate of drug-likeness (QED) is 0.192. The van der Waals surface area contributed by atoms with Crippen molar-refractivity contribution in [1.82, 2.24) is 14.1 Å². The lowest BCUT2D eigenvalue weighted by Gasteiger charge is -2.19. The standard InChI is InChI=1S/C45H27N3O2/c1-3-15-28(16-4-1)34-27-37(47-35-23-11-7-19-30(35)40-32-21-9-13-25-38(32)49-44(40)47)42(29-17-5-2-6-18-29)46-43(34)48-36-24-12-8-20-31(36)41-33-22-10-14-26-39(33)50-45(41)48/h1-27H. The van der Waals surface area contributed by atoms with Gasteiger partial charge in [0.1, 0.15) is 17.0 Å². The fourth-order valence-electron chi connectivity index (χ4n) is 7.80. The van der Waals surface area contributed by atoms with Gasteiger partial charge >= 0.3 is 0 Å². The highest BCUT2D eigenvalue weighted by molar-refractivity contribution is 6.21. The summed E-state index contributed by atoms with van der Waals surface area (Å²) in [7, 11) is 0. The van der Waals surface area contributed by atoms with E-state index in [-0.39, 0.29) is 0 Å². The van der Waals surface area contributed by atoms with E-state index in [1.54, 1.807) is 0 Å². The van der Waals surface area contributed by atoms with Crippen LogP contribution in [0.5, 0.6) is 0 Å². The molecule has 0 saturated heterocycles. The van der Waals surface area contributed by atoms with Gasteiger partial charge in [-0.05, 0) is 35.9 Å². The van der Waals surface area contributed by atoms with E-state index in [9.17, 15) is 0 Å². The zero-order valence-corrected chi connectivity index (χ0v) is 26.7. The van der Waals surface area contributed by atoms with E-state index in [0.29, 0.717) is 0 Å². The van der Waals surface area contributed by atoms with E-state index in [2.05, 4.69) is 143 Å². The number of hydrogen-bond donors (Lipinski definition) is 0. The van der Waals surface area contributed by atoms with Gasteiger partial charge in [-0.1, -0.05) is 133 Å². The van der Waals surface area contributed by atoms with E-state index in [0.717, 1.165) is 99.8 Å². The first-order valence-electron chi connectivity index (χ1n) is 16.8. The summed E-state index contributed by atoms with van der Waals surface area (Å²) >= 11 is 0. The Morgan fingerprint density at radius 3 is 1.48 bits per heavy atom. The van der Waals surface area contributed by atoms with Crippen LogP contribution in [0.3, 0.4) is 0 Å². The highest BCUT2D eigenvalue weighted by Gasteiger charge is 2.27. The van der Waals surface area contributed by atoms with Crippen LogP contribution in [0.4, 0.5) is 0 Å². The molecule has 5 nitrogen and oxygen atoms in total. The highest BCUT2D eigenvalue weighted by Crippen LogP contribution is 2.45. The van der Waals surface area contributed by atoms with Crippen molar-refractivity contribution in [2.75, 3.05) is 0 Å². The van der Waals surface area contributed by atoms with Gasteiger partial charge in [0.15, 0.2) is 0 Å². The average Bonchev–Trinajstić information content (AvgIpc) is 3.91. The Hall–Kier alpha value is -6.85. The summed E-state index contributed by atoms with van der Waals surface area (Å²) in [6.07, 6.45) is 0. The number of rotatable bonds is 4.